The van der Waals surface area contributed by atoms with E-state index in [0.717, 1.165) is 12.1 Å². The zero-order chi connectivity index (χ0) is 12.4. The molecule has 0 saturated carbocycles. The largest absolute Gasteiger partial charge is 0.326 e. The van der Waals surface area contributed by atoms with Gasteiger partial charge in [-0.05, 0) is 43.4 Å². The monoisotopic (exact) mass is 264 g/mol. The average Bonchev–Trinajstić information content (AvgIpc) is 2.40. The zero-order valence-corrected chi connectivity index (χ0v) is 11.4. The molecule has 2 unspecified atom stereocenters. The first-order chi connectivity index (χ1) is 8.83. The van der Waals surface area contributed by atoms with Crippen molar-refractivity contribution < 1.29 is 0 Å². The van der Waals surface area contributed by atoms with Crippen LogP contribution in [0, 0.1) is 0 Å². The molecule has 1 aromatic rings. The van der Waals surface area contributed by atoms with Gasteiger partial charge in [-0.15, -0.1) is 0 Å². The molecular weight excluding hydrogens is 244 g/mol. The second kappa shape index (κ2) is 5.49. The summed E-state index contributed by atoms with van der Waals surface area (Å²) < 4.78 is 0. The highest BCUT2D eigenvalue weighted by Gasteiger charge is 2.24. The van der Waals surface area contributed by atoms with Crippen molar-refractivity contribution in [1.29, 1.82) is 0 Å². The standard InChI is InChI=1S/C14H20N2OS/c17-14-7-6-11-12(4-1-5-13(11)16-14)15-10-3-2-8-18-9-10/h6-7,10,12,15H,1-5,8-9H2,(H,16,17). The van der Waals surface area contributed by atoms with E-state index in [2.05, 4.69) is 22.1 Å². The number of aryl methyl sites for hydroxylation is 1. The number of pyridine rings is 1. The van der Waals surface area contributed by atoms with E-state index in [1.165, 1.54) is 42.8 Å². The summed E-state index contributed by atoms with van der Waals surface area (Å²) in [6.07, 6.45) is 6.00. The van der Waals surface area contributed by atoms with Gasteiger partial charge < -0.3 is 10.3 Å². The molecule has 0 spiro atoms. The minimum Gasteiger partial charge on any atom is -0.326 e. The molecule has 4 heteroatoms. The molecule has 0 radical (unpaired) electrons. The number of nitrogens with one attached hydrogen (secondary N) is 2. The Morgan fingerprint density at radius 2 is 2.22 bits per heavy atom. The molecule has 0 bridgehead atoms. The van der Waals surface area contributed by atoms with Crippen molar-refractivity contribution >= 4 is 11.8 Å². The number of aromatic nitrogens is 1. The maximum Gasteiger partial charge on any atom is 0.248 e. The Morgan fingerprint density at radius 3 is 3.06 bits per heavy atom. The van der Waals surface area contributed by atoms with Gasteiger partial charge in [0.2, 0.25) is 5.56 Å². The lowest BCUT2D eigenvalue weighted by atomic mass is 9.90. The summed E-state index contributed by atoms with van der Waals surface area (Å²) in [6.45, 7) is 0. The normalized spacial score (nSPS) is 27.8. The van der Waals surface area contributed by atoms with Gasteiger partial charge in [0.25, 0.3) is 0 Å². The zero-order valence-electron chi connectivity index (χ0n) is 10.6. The molecule has 1 aliphatic heterocycles. The Balaban J connectivity index is 1.76. The van der Waals surface area contributed by atoms with Crippen LogP contribution >= 0.6 is 11.8 Å². The summed E-state index contributed by atoms with van der Waals surface area (Å²) in [4.78, 5) is 14.4. The van der Waals surface area contributed by atoms with Gasteiger partial charge >= 0.3 is 0 Å². The topological polar surface area (TPSA) is 44.9 Å². The highest BCUT2D eigenvalue weighted by atomic mass is 32.2. The Bertz CT molecular complexity index is 465. The first-order valence-electron chi connectivity index (χ1n) is 6.89. The van der Waals surface area contributed by atoms with Gasteiger partial charge in [0.05, 0.1) is 0 Å². The van der Waals surface area contributed by atoms with Crippen LogP contribution in [0.3, 0.4) is 0 Å². The smallest absolute Gasteiger partial charge is 0.248 e. The third-order valence-corrected chi connectivity index (χ3v) is 5.14. The molecule has 2 aliphatic rings. The van der Waals surface area contributed by atoms with Crippen LogP contribution in [0.15, 0.2) is 16.9 Å². The maximum absolute atomic E-state index is 11.4. The molecule has 2 N–H and O–H groups in total. The van der Waals surface area contributed by atoms with Gasteiger partial charge in [-0.25, -0.2) is 0 Å². The van der Waals surface area contributed by atoms with Crippen molar-refractivity contribution in [2.45, 2.75) is 44.2 Å². The first kappa shape index (κ1) is 12.3. The van der Waals surface area contributed by atoms with Crippen molar-refractivity contribution in [3.63, 3.8) is 0 Å². The van der Waals surface area contributed by atoms with Crippen LogP contribution in [0.2, 0.25) is 0 Å². The lowest BCUT2D eigenvalue weighted by molar-refractivity contribution is 0.391. The predicted molar refractivity (Wildman–Crippen MR) is 76.2 cm³/mol. The van der Waals surface area contributed by atoms with E-state index in [-0.39, 0.29) is 5.56 Å². The summed E-state index contributed by atoms with van der Waals surface area (Å²) in [5.41, 5.74) is 2.49. The fourth-order valence-electron chi connectivity index (χ4n) is 3.03. The average molecular weight is 264 g/mol. The Labute approximate surface area is 112 Å². The van der Waals surface area contributed by atoms with Gasteiger partial charge in [-0.1, -0.05) is 6.07 Å². The van der Waals surface area contributed by atoms with Gasteiger partial charge in [-0.3, -0.25) is 4.79 Å². The van der Waals surface area contributed by atoms with E-state index in [0.29, 0.717) is 12.1 Å². The third-order valence-electron chi connectivity index (χ3n) is 3.93. The number of H-pyrrole nitrogens is 1. The van der Waals surface area contributed by atoms with Crippen LogP contribution in [0.25, 0.3) is 0 Å². The number of rotatable bonds is 2. The second-order valence-electron chi connectivity index (χ2n) is 5.28. The fraction of sp³-hybridized carbons (Fsp3) is 0.643. The van der Waals surface area contributed by atoms with E-state index in [1.54, 1.807) is 6.07 Å². The number of fused-ring (bicyclic) bond motifs is 1. The summed E-state index contributed by atoms with van der Waals surface area (Å²) in [6, 6.07) is 4.76. The van der Waals surface area contributed by atoms with Crippen molar-refractivity contribution in [3.8, 4) is 0 Å². The van der Waals surface area contributed by atoms with E-state index < -0.39 is 0 Å². The van der Waals surface area contributed by atoms with Crippen LogP contribution in [0.1, 0.15) is 43.0 Å². The SMILES string of the molecule is O=c1ccc2c([nH]1)CCCC2NC1CCCSC1. The van der Waals surface area contributed by atoms with Gasteiger partial charge in [-0.2, -0.15) is 11.8 Å². The van der Waals surface area contributed by atoms with E-state index in [1.807, 2.05) is 6.07 Å². The molecule has 0 amide bonds. The molecule has 1 saturated heterocycles. The van der Waals surface area contributed by atoms with Crippen molar-refractivity contribution in [2.24, 2.45) is 0 Å². The summed E-state index contributed by atoms with van der Waals surface area (Å²) in [7, 11) is 0. The third kappa shape index (κ3) is 2.64. The van der Waals surface area contributed by atoms with Crippen molar-refractivity contribution in [3.05, 3.63) is 33.7 Å². The van der Waals surface area contributed by atoms with Gasteiger partial charge in [0, 0.05) is 29.6 Å². The molecule has 1 fully saturated rings. The molecule has 18 heavy (non-hydrogen) atoms. The number of thioether (sulfide) groups is 1. The van der Waals surface area contributed by atoms with E-state index >= 15 is 0 Å². The highest BCUT2D eigenvalue weighted by Crippen LogP contribution is 2.29. The number of hydrogen-bond donors (Lipinski definition) is 2. The maximum atomic E-state index is 11.4. The van der Waals surface area contributed by atoms with E-state index in [4.69, 9.17) is 0 Å². The fourth-order valence-corrected chi connectivity index (χ4v) is 4.12. The molecule has 1 aromatic heterocycles. The summed E-state index contributed by atoms with van der Waals surface area (Å²) >= 11 is 2.06. The minimum absolute atomic E-state index is 0.0302. The summed E-state index contributed by atoms with van der Waals surface area (Å²) in [5.74, 6) is 2.54. The van der Waals surface area contributed by atoms with Crippen LogP contribution in [-0.4, -0.2) is 22.5 Å². The van der Waals surface area contributed by atoms with E-state index in [9.17, 15) is 4.79 Å². The Hall–Kier alpha value is -0.740. The molecular formula is C14H20N2OS. The van der Waals surface area contributed by atoms with Crippen LogP contribution in [-0.2, 0) is 6.42 Å². The molecule has 2 atom stereocenters. The molecule has 2 heterocycles. The van der Waals surface area contributed by atoms with Crippen LogP contribution in [0.5, 0.6) is 0 Å². The summed E-state index contributed by atoms with van der Waals surface area (Å²) in [5, 5.41) is 3.79. The Morgan fingerprint density at radius 1 is 1.28 bits per heavy atom. The van der Waals surface area contributed by atoms with Crippen LogP contribution < -0.4 is 10.9 Å². The molecule has 0 aromatic carbocycles. The first-order valence-corrected chi connectivity index (χ1v) is 8.04. The molecule has 1 aliphatic carbocycles. The Kier molecular flexibility index (Phi) is 3.75. The second-order valence-corrected chi connectivity index (χ2v) is 6.43. The number of aromatic amines is 1. The molecule has 98 valence electrons. The highest BCUT2D eigenvalue weighted by molar-refractivity contribution is 7.99. The molecule has 3 rings (SSSR count). The van der Waals surface area contributed by atoms with Gasteiger partial charge in [0.1, 0.15) is 0 Å². The number of hydrogen-bond acceptors (Lipinski definition) is 3. The van der Waals surface area contributed by atoms with Crippen molar-refractivity contribution in [2.75, 3.05) is 11.5 Å². The lowest BCUT2D eigenvalue weighted by Crippen LogP contribution is -2.38. The quantitative estimate of drug-likeness (QED) is 0.861. The van der Waals surface area contributed by atoms with Crippen LogP contribution in [0.4, 0.5) is 0 Å². The molecule has 3 nitrogen and oxygen atoms in total. The predicted octanol–water partition coefficient (Wildman–Crippen LogP) is 2.24. The van der Waals surface area contributed by atoms with Gasteiger partial charge in [0.15, 0.2) is 0 Å². The van der Waals surface area contributed by atoms with Crippen molar-refractivity contribution in [1.82, 2.24) is 10.3 Å². The minimum atomic E-state index is 0.0302. The lowest BCUT2D eigenvalue weighted by Gasteiger charge is -2.31.